The first-order valence-electron chi connectivity index (χ1n) is 11.4. The van der Waals surface area contributed by atoms with Crippen LogP contribution in [-0.2, 0) is 4.74 Å². The van der Waals surface area contributed by atoms with E-state index in [-0.39, 0.29) is 11.7 Å². The van der Waals surface area contributed by atoms with Gasteiger partial charge in [0.15, 0.2) is 17.2 Å². The summed E-state index contributed by atoms with van der Waals surface area (Å²) in [6, 6.07) is 5.80. The van der Waals surface area contributed by atoms with Gasteiger partial charge in [-0.1, -0.05) is 13.3 Å². The number of unbranched alkanes of at least 4 members (excludes halogenated alkanes) is 1. The highest BCUT2D eigenvalue weighted by molar-refractivity contribution is 5.94. The van der Waals surface area contributed by atoms with E-state index in [1.807, 2.05) is 6.92 Å². The number of aromatic amines is 1. The Labute approximate surface area is 195 Å². The van der Waals surface area contributed by atoms with E-state index in [4.69, 9.17) is 9.47 Å². The molecule has 1 fully saturated rings. The zero-order chi connectivity index (χ0) is 23.5. The molecule has 176 valence electrons. The summed E-state index contributed by atoms with van der Waals surface area (Å²) < 4.78 is 25.5. The van der Waals surface area contributed by atoms with Gasteiger partial charge in [-0.25, -0.2) is 29.1 Å². The summed E-state index contributed by atoms with van der Waals surface area (Å²) in [5.74, 6) is 0.254. The third-order valence-corrected chi connectivity index (χ3v) is 5.96. The number of carbonyl (C=O) groups is 1. The largest absolute Gasteiger partial charge is 0.491 e. The number of hydrogen-bond donors (Lipinski definition) is 1. The summed E-state index contributed by atoms with van der Waals surface area (Å²) in [7, 11) is 0. The number of rotatable bonds is 8. The van der Waals surface area contributed by atoms with Gasteiger partial charge < -0.3 is 19.4 Å². The standard InChI is InChI=1S/C24H25FN6O3/c1-2-3-9-33-24(32)19-11-20(17-10-15(25)6-7-18(17)30-19)34-12-16-5-4-8-31(16)23-21-22(27-13-26-21)28-14-29-23/h6-7,10-11,13-14,16H,2-5,8-9,12H2,1H3,(H,26,27,28,29)/t16-/m1/s1. The molecule has 9 nitrogen and oxygen atoms in total. The lowest BCUT2D eigenvalue weighted by Crippen LogP contribution is -2.35. The van der Waals surface area contributed by atoms with Gasteiger partial charge in [0.1, 0.15) is 30.0 Å². The number of imidazole rings is 1. The topological polar surface area (TPSA) is 106 Å². The first-order chi connectivity index (χ1) is 16.6. The maximum atomic E-state index is 14.0. The van der Waals surface area contributed by atoms with Gasteiger partial charge >= 0.3 is 5.97 Å². The fraction of sp³-hybridized carbons (Fsp3) is 0.375. The molecule has 34 heavy (non-hydrogen) atoms. The number of fused-ring (bicyclic) bond motifs is 2. The van der Waals surface area contributed by atoms with E-state index in [1.54, 1.807) is 6.33 Å². The Hall–Kier alpha value is -3.82. The third-order valence-electron chi connectivity index (χ3n) is 5.96. The fourth-order valence-electron chi connectivity index (χ4n) is 4.22. The van der Waals surface area contributed by atoms with Crippen LogP contribution in [0.15, 0.2) is 36.9 Å². The first-order valence-corrected chi connectivity index (χ1v) is 11.4. The minimum Gasteiger partial charge on any atom is -0.491 e. The monoisotopic (exact) mass is 464 g/mol. The van der Waals surface area contributed by atoms with E-state index in [1.165, 1.54) is 30.6 Å². The molecular formula is C24H25FN6O3. The maximum Gasteiger partial charge on any atom is 0.357 e. The second kappa shape index (κ2) is 9.58. The fourth-order valence-corrected chi connectivity index (χ4v) is 4.22. The van der Waals surface area contributed by atoms with Crippen LogP contribution < -0.4 is 9.64 Å². The SMILES string of the molecule is CCCCOC(=O)c1cc(OC[C@H]2CCCN2c2ncnc3nc[nH]c23)c2cc(F)ccc2n1. The number of ether oxygens (including phenoxy) is 2. The summed E-state index contributed by atoms with van der Waals surface area (Å²) in [5.41, 5.74) is 2.00. The molecule has 1 atom stereocenters. The van der Waals surface area contributed by atoms with Crippen LogP contribution in [0.3, 0.4) is 0 Å². The van der Waals surface area contributed by atoms with Crippen molar-refractivity contribution in [2.75, 3.05) is 24.7 Å². The van der Waals surface area contributed by atoms with Crippen LogP contribution in [0.2, 0.25) is 0 Å². The Balaban J connectivity index is 1.40. The van der Waals surface area contributed by atoms with E-state index < -0.39 is 11.8 Å². The van der Waals surface area contributed by atoms with Crippen molar-refractivity contribution in [2.45, 2.75) is 38.6 Å². The van der Waals surface area contributed by atoms with Crippen LogP contribution in [0.4, 0.5) is 10.2 Å². The number of esters is 1. The van der Waals surface area contributed by atoms with Crippen LogP contribution in [0.1, 0.15) is 43.1 Å². The highest BCUT2D eigenvalue weighted by Crippen LogP contribution is 2.31. The van der Waals surface area contributed by atoms with Crippen LogP contribution >= 0.6 is 0 Å². The Bertz CT molecular complexity index is 1330. The number of benzene rings is 1. The van der Waals surface area contributed by atoms with Crippen LogP contribution in [0.25, 0.3) is 22.1 Å². The number of anilines is 1. The predicted octanol–water partition coefficient (Wildman–Crippen LogP) is 4.04. The van der Waals surface area contributed by atoms with Crippen molar-refractivity contribution in [3.8, 4) is 5.75 Å². The summed E-state index contributed by atoms with van der Waals surface area (Å²) in [4.78, 5) is 35.1. The number of aromatic nitrogens is 5. The molecule has 1 aromatic carbocycles. The van der Waals surface area contributed by atoms with Crippen molar-refractivity contribution in [1.29, 1.82) is 0 Å². The molecule has 5 rings (SSSR count). The van der Waals surface area contributed by atoms with Crippen LogP contribution in [0, 0.1) is 5.82 Å². The molecule has 0 saturated carbocycles. The lowest BCUT2D eigenvalue weighted by molar-refractivity contribution is 0.0493. The zero-order valence-electron chi connectivity index (χ0n) is 18.8. The number of nitrogens with one attached hydrogen (secondary N) is 1. The van der Waals surface area contributed by atoms with Crippen LogP contribution in [0.5, 0.6) is 5.75 Å². The van der Waals surface area contributed by atoms with Crippen molar-refractivity contribution in [1.82, 2.24) is 24.9 Å². The Kier molecular flexibility index (Phi) is 6.20. The van der Waals surface area contributed by atoms with Gasteiger partial charge in [-0.15, -0.1) is 0 Å². The third kappa shape index (κ3) is 4.35. The molecule has 0 spiro atoms. The summed E-state index contributed by atoms with van der Waals surface area (Å²) in [5, 5.41) is 0.507. The molecule has 0 unspecified atom stereocenters. The molecule has 1 aliphatic heterocycles. The average molecular weight is 465 g/mol. The molecular weight excluding hydrogens is 439 g/mol. The Morgan fingerprint density at radius 2 is 2.18 bits per heavy atom. The summed E-state index contributed by atoms with van der Waals surface area (Å²) in [6.07, 6.45) is 6.68. The molecule has 1 N–H and O–H groups in total. The lowest BCUT2D eigenvalue weighted by atomic mass is 10.1. The number of H-pyrrole nitrogens is 1. The second-order valence-electron chi connectivity index (χ2n) is 8.26. The van der Waals surface area contributed by atoms with Crippen molar-refractivity contribution < 1.29 is 18.7 Å². The van der Waals surface area contributed by atoms with Crippen LogP contribution in [-0.4, -0.2) is 56.7 Å². The molecule has 0 amide bonds. The first kappa shape index (κ1) is 22.0. The second-order valence-corrected chi connectivity index (χ2v) is 8.26. The molecule has 1 aliphatic rings. The lowest BCUT2D eigenvalue weighted by Gasteiger charge is -2.26. The highest BCUT2D eigenvalue weighted by atomic mass is 19.1. The number of pyridine rings is 1. The van der Waals surface area contributed by atoms with Crippen molar-refractivity contribution >= 4 is 33.9 Å². The molecule has 10 heteroatoms. The van der Waals surface area contributed by atoms with Gasteiger partial charge in [0.2, 0.25) is 0 Å². The van der Waals surface area contributed by atoms with Gasteiger partial charge in [-0.2, -0.15) is 0 Å². The molecule has 0 aliphatic carbocycles. The zero-order valence-corrected chi connectivity index (χ0v) is 18.8. The van der Waals surface area contributed by atoms with Gasteiger partial charge in [0, 0.05) is 18.0 Å². The van der Waals surface area contributed by atoms with E-state index >= 15 is 0 Å². The molecule has 3 aromatic heterocycles. The summed E-state index contributed by atoms with van der Waals surface area (Å²) >= 11 is 0. The number of nitrogens with zero attached hydrogens (tertiary/aromatic N) is 5. The van der Waals surface area contributed by atoms with E-state index in [9.17, 15) is 9.18 Å². The van der Waals surface area contributed by atoms with Crippen molar-refractivity contribution in [3.05, 3.63) is 48.4 Å². The minimum atomic E-state index is -0.519. The molecule has 0 radical (unpaired) electrons. The highest BCUT2D eigenvalue weighted by Gasteiger charge is 2.29. The van der Waals surface area contributed by atoms with Crippen molar-refractivity contribution in [2.24, 2.45) is 0 Å². The maximum absolute atomic E-state index is 14.0. The Morgan fingerprint density at radius 1 is 1.26 bits per heavy atom. The van der Waals surface area contributed by atoms with Gasteiger partial charge in [-0.3, -0.25) is 0 Å². The molecule has 0 bridgehead atoms. The van der Waals surface area contributed by atoms with E-state index in [0.717, 1.165) is 43.6 Å². The van der Waals surface area contributed by atoms with Gasteiger partial charge in [0.05, 0.1) is 24.5 Å². The minimum absolute atomic E-state index is 0.0399. The summed E-state index contributed by atoms with van der Waals surface area (Å²) in [6.45, 7) is 3.50. The van der Waals surface area contributed by atoms with E-state index in [2.05, 4.69) is 29.8 Å². The predicted molar refractivity (Wildman–Crippen MR) is 124 cm³/mol. The normalized spacial score (nSPS) is 15.8. The average Bonchev–Trinajstić information content (AvgIpc) is 3.52. The van der Waals surface area contributed by atoms with Crippen molar-refractivity contribution in [3.63, 3.8) is 0 Å². The molecule has 1 saturated heterocycles. The smallest absolute Gasteiger partial charge is 0.357 e. The molecule has 4 aromatic rings. The van der Waals surface area contributed by atoms with Gasteiger partial charge in [0.25, 0.3) is 0 Å². The Morgan fingerprint density at radius 3 is 3.06 bits per heavy atom. The number of carbonyl (C=O) groups excluding carboxylic acids is 1. The van der Waals surface area contributed by atoms with Gasteiger partial charge in [-0.05, 0) is 37.5 Å². The number of hydrogen-bond acceptors (Lipinski definition) is 8. The van der Waals surface area contributed by atoms with E-state index in [0.29, 0.717) is 35.5 Å². The quantitative estimate of drug-likeness (QED) is 0.308. The molecule has 4 heterocycles. The number of halogens is 1.